The third-order valence-electron chi connectivity index (χ3n) is 2.24. The molecule has 0 aliphatic heterocycles. The zero-order chi connectivity index (χ0) is 14.8. The fraction of sp³-hybridized carbons (Fsp3) is 0.385. The number of ether oxygens (including phenoxy) is 2. The first-order valence-electron chi connectivity index (χ1n) is 6.01. The van der Waals surface area contributed by atoms with Crippen LogP contribution in [0.25, 0.3) is 0 Å². The summed E-state index contributed by atoms with van der Waals surface area (Å²) in [5.41, 5.74) is 0.830. The Morgan fingerprint density at radius 1 is 1.20 bits per heavy atom. The standard InChI is InChI=1S/C13H17NO6/c15-7-11(16)9-19-12(17)6-14-13(18)20-8-10-4-2-1-3-5-10/h1-5,11,15-16H,6-9H2,(H,14,18). The summed E-state index contributed by atoms with van der Waals surface area (Å²) >= 11 is 0. The van der Waals surface area contributed by atoms with E-state index in [1.54, 1.807) is 12.1 Å². The lowest BCUT2D eigenvalue weighted by molar-refractivity contribution is -0.146. The van der Waals surface area contributed by atoms with Crippen molar-refractivity contribution in [2.75, 3.05) is 19.8 Å². The van der Waals surface area contributed by atoms with Gasteiger partial charge < -0.3 is 25.0 Å². The SMILES string of the molecule is O=C(CNC(=O)OCc1ccccc1)OCC(O)CO. The molecule has 0 fully saturated rings. The average molecular weight is 283 g/mol. The van der Waals surface area contributed by atoms with Crippen molar-refractivity contribution in [3.8, 4) is 0 Å². The summed E-state index contributed by atoms with van der Waals surface area (Å²) in [5, 5.41) is 19.7. The Kier molecular flexibility index (Phi) is 7.08. The minimum atomic E-state index is -1.12. The number of hydrogen-bond acceptors (Lipinski definition) is 6. The molecule has 0 aromatic heterocycles. The molecule has 0 saturated heterocycles. The van der Waals surface area contributed by atoms with Crippen LogP contribution in [-0.4, -0.2) is 48.1 Å². The van der Waals surface area contributed by atoms with Crippen molar-refractivity contribution >= 4 is 12.1 Å². The molecule has 0 bridgehead atoms. The summed E-state index contributed by atoms with van der Waals surface area (Å²) < 4.78 is 9.47. The number of aliphatic hydroxyl groups excluding tert-OH is 2. The van der Waals surface area contributed by atoms with Crippen LogP contribution < -0.4 is 5.32 Å². The summed E-state index contributed by atoms with van der Waals surface area (Å²) in [6.45, 7) is -1.09. The molecule has 1 aromatic carbocycles. The molecule has 0 radical (unpaired) electrons. The number of nitrogens with one attached hydrogen (secondary N) is 1. The molecule has 110 valence electrons. The molecule has 0 aliphatic rings. The highest BCUT2D eigenvalue weighted by molar-refractivity contribution is 5.77. The van der Waals surface area contributed by atoms with Gasteiger partial charge in [-0.3, -0.25) is 4.79 Å². The topological polar surface area (TPSA) is 105 Å². The van der Waals surface area contributed by atoms with Gasteiger partial charge in [0.1, 0.15) is 25.9 Å². The van der Waals surface area contributed by atoms with E-state index in [1.807, 2.05) is 18.2 Å². The molecule has 1 unspecified atom stereocenters. The van der Waals surface area contributed by atoms with Crippen molar-refractivity contribution in [2.45, 2.75) is 12.7 Å². The predicted octanol–water partition coefficient (Wildman–Crippen LogP) is -0.191. The van der Waals surface area contributed by atoms with Gasteiger partial charge >= 0.3 is 12.1 Å². The maximum atomic E-state index is 11.3. The van der Waals surface area contributed by atoms with Crippen molar-refractivity contribution in [1.82, 2.24) is 5.32 Å². The minimum Gasteiger partial charge on any atom is -0.462 e. The van der Waals surface area contributed by atoms with Gasteiger partial charge in [-0.2, -0.15) is 0 Å². The molecule has 0 spiro atoms. The van der Waals surface area contributed by atoms with Gasteiger partial charge in [0.25, 0.3) is 0 Å². The van der Waals surface area contributed by atoms with Crippen molar-refractivity contribution < 1.29 is 29.3 Å². The molecule has 1 rings (SSSR count). The average Bonchev–Trinajstić information content (AvgIpc) is 2.49. The maximum Gasteiger partial charge on any atom is 0.407 e. The molecule has 7 nitrogen and oxygen atoms in total. The molecular formula is C13H17NO6. The molecule has 3 N–H and O–H groups in total. The highest BCUT2D eigenvalue weighted by atomic mass is 16.6. The van der Waals surface area contributed by atoms with E-state index in [0.29, 0.717) is 0 Å². The van der Waals surface area contributed by atoms with E-state index in [0.717, 1.165) is 5.56 Å². The van der Waals surface area contributed by atoms with Crippen molar-refractivity contribution in [1.29, 1.82) is 0 Å². The number of esters is 1. The third kappa shape index (κ3) is 6.72. The Bertz CT molecular complexity index is 422. The van der Waals surface area contributed by atoms with Crippen LogP contribution in [-0.2, 0) is 20.9 Å². The second kappa shape index (κ2) is 8.89. The quantitative estimate of drug-likeness (QED) is 0.599. The molecule has 20 heavy (non-hydrogen) atoms. The van der Waals surface area contributed by atoms with Crippen LogP contribution in [0.1, 0.15) is 5.56 Å². The van der Waals surface area contributed by atoms with Gasteiger partial charge in [-0.1, -0.05) is 30.3 Å². The fourth-order valence-electron chi connectivity index (χ4n) is 1.21. The molecule has 1 aromatic rings. The van der Waals surface area contributed by atoms with Crippen LogP contribution in [0.4, 0.5) is 4.79 Å². The Balaban J connectivity index is 2.15. The van der Waals surface area contributed by atoms with Gasteiger partial charge in [-0.05, 0) is 5.56 Å². The van der Waals surface area contributed by atoms with Crippen molar-refractivity contribution in [3.63, 3.8) is 0 Å². The first-order valence-corrected chi connectivity index (χ1v) is 6.01. The van der Waals surface area contributed by atoms with Gasteiger partial charge in [0.2, 0.25) is 0 Å². The summed E-state index contributed by atoms with van der Waals surface area (Å²) in [5.74, 6) is -0.728. The predicted molar refractivity (Wildman–Crippen MR) is 68.7 cm³/mol. The van der Waals surface area contributed by atoms with E-state index < -0.39 is 24.8 Å². The number of hydrogen-bond donors (Lipinski definition) is 3. The largest absolute Gasteiger partial charge is 0.462 e. The molecule has 1 amide bonds. The van der Waals surface area contributed by atoms with E-state index in [2.05, 4.69) is 10.1 Å². The van der Waals surface area contributed by atoms with Gasteiger partial charge in [0.15, 0.2) is 0 Å². The molecule has 7 heteroatoms. The van der Waals surface area contributed by atoms with E-state index in [1.165, 1.54) is 0 Å². The summed E-state index contributed by atoms with van der Waals surface area (Å²) in [7, 11) is 0. The normalized spacial score (nSPS) is 11.5. The van der Waals surface area contributed by atoms with E-state index in [4.69, 9.17) is 14.9 Å². The zero-order valence-corrected chi connectivity index (χ0v) is 10.8. The van der Waals surface area contributed by atoms with Crippen molar-refractivity contribution in [2.24, 2.45) is 0 Å². The van der Waals surface area contributed by atoms with Crippen LogP contribution in [0.5, 0.6) is 0 Å². The van der Waals surface area contributed by atoms with Crippen LogP contribution in [0, 0.1) is 0 Å². The van der Waals surface area contributed by atoms with Gasteiger partial charge in [-0.15, -0.1) is 0 Å². The van der Waals surface area contributed by atoms with E-state index >= 15 is 0 Å². The van der Waals surface area contributed by atoms with E-state index in [9.17, 15) is 9.59 Å². The smallest absolute Gasteiger partial charge is 0.407 e. The number of rotatable bonds is 7. The van der Waals surface area contributed by atoms with Gasteiger partial charge in [0, 0.05) is 0 Å². The number of amides is 1. The van der Waals surface area contributed by atoms with E-state index in [-0.39, 0.29) is 19.8 Å². The molecule has 0 saturated carbocycles. The first-order chi connectivity index (χ1) is 9.61. The molecule has 1 atom stereocenters. The summed E-state index contributed by atoms with van der Waals surface area (Å²) in [6, 6.07) is 9.09. The lowest BCUT2D eigenvalue weighted by Crippen LogP contribution is -2.32. The monoisotopic (exact) mass is 283 g/mol. The van der Waals surface area contributed by atoms with Crippen LogP contribution in [0.15, 0.2) is 30.3 Å². The number of benzene rings is 1. The second-order valence-electron chi connectivity index (χ2n) is 3.93. The second-order valence-corrected chi connectivity index (χ2v) is 3.93. The number of carbonyl (C=O) groups is 2. The maximum absolute atomic E-state index is 11.3. The Labute approximate surface area is 116 Å². The Morgan fingerprint density at radius 3 is 2.55 bits per heavy atom. The lowest BCUT2D eigenvalue weighted by atomic mass is 10.2. The Hall–Kier alpha value is -2.12. The lowest BCUT2D eigenvalue weighted by Gasteiger charge is -2.09. The van der Waals surface area contributed by atoms with Crippen LogP contribution in [0.2, 0.25) is 0 Å². The molecular weight excluding hydrogens is 266 g/mol. The fourth-order valence-corrected chi connectivity index (χ4v) is 1.21. The number of aliphatic hydroxyl groups is 2. The van der Waals surface area contributed by atoms with Crippen LogP contribution >= 0.6 is 0 Å². The molecule has 0 aliphatic carbocycles. The van der Waals surface area contributed by atoms with Gasteiger partial charge in [-0.25, -0.2) is 4.79 Å². The number of alkyl carbamates (subject to hydrolysis) is 1. The van der Waals surface area contributed by atoms with Crippen molar-refractivity contribution in [3.05, 3.63) is 35.9 Å². The van der Waals surface area contributed by atoms with Gasteiger partial charge in [0.05, 0.1) is 6.61 Å². The zero-order valence-electron chi connectivity index (χ0n) is 10.8. The Morgan fingerprint density at radius 2 is 1.90 bits per heavy atom. The summed E-state index contributed by atoms with van der Waals surface area (Å²) in [4.78, 5) is 22.4. The minimum absolute atomic E-state index is 0.102. The van der Waals surface area contributed by atoms with Crippen LogP contribution in [0.3, 0.4) is 0 Å². The first kappa shape index (κ1) is 15.9. The molecule has 0 heterocycles. The highest BCUT2D eigenvalue weighted by Crippen LogP contribution is 2.00. The number of carbonyl (C=O) groups excluding carboxylic acids is 2. The third-order valence-corrected chi connectivity index (χ3v) is 2.24. The summed E-state index contributed by atoms with van der Waals surface area (Å²) in [6.07, 6.45) is -1.86. The highest BCUT2D eigenvalue weighted by Gasteiger charge is 2.10.